The molecule has 1 aromatic heterocycles. The molecular formula is C37H42FN3O6. The molecule has 0 aliphatic heterocycles. The summed E-state index contributed by atoms with van der Waals surface area (Å²) in [6.45, 7) is 5.87. The molecule has 5 rings (SSSR count). The van der Waals surface area contributed by atoms with Gasteiger partial charge in [0, 0.05) is 29.8 Å². The van der Waals surface area contributed by atoms with Crippen LogP contribution >= 0.6 is 0 Å². The highest BCUT2D eigenvalue weighted by Crippen LogP contribution is 2.47. The van der Waals surface area contributed by atoms with E-state index >= 15 is 0 Å². The smallest absolute Gasteiger partial charge is 0.240 e. The van der Waals surface area contributed by atoms with Crippen molar-refractivity contribution in [1.82, 2.24) is 10.3 Å². The van der Waals surface area contributed by atoms with Crippen LogP contribution < -0.4 is 24.8 Å². The number of hydrogen-bond donors (Lipinski definition) is 3. The molecule has 10 heteroatoms. The SMILES string of the molecule is CCCCC(NC(=O)C1(C(=O)Nc2ccc(F)cc2)CC1)c1ccc(Oc2ccnc3cc(OCCC(C)(C)O)c(OC)cc23)cc1. The number of amides is 2. The Kier molecular flexibility index (Phi) is 10.3. The van der Waals surface area contributed by atoms with Crippen molar-refractivity contribution in [2.75, 3.05) is 19.0 Å². The zero-order chi connectivity index (χ0) is 33.6. The number of carbonyl (C=O) groups excluding carboxylic acids is 2. The largest absolute Gasteiger partial charge is 0.493 e. The molecule has 47 heavy (non-hydrogen) atoms. The van der Waals surface area contributed by atoms with Gasteiger partial charge in [-0.15, -0.1) is 0 Å². The highest BCUT2D eigenvalue weighted by molar-refractivity contribution is 6.13. The molecule has 3 N–H and O–H groups in total. The third kappa shape index (κ3) is 8.37. The first-order chi connectivity index (χ1) is 22.5. The van der Waals surface area contributed by atoms with Crippen LogP contribution in [0.2, 0.25) is 0 Å². The Morgan fingerprint density at radius 2 is 1.72 bits per heavy atom. The van der Waals surface area contributed by atoms with Gasteiger partial charge in [-0.1, -0.05) is 31.9 Å². The van der Waals surface area contributed by atoms with Crippen LogP contribution in [0.25, 0.3) is 10.9 Å². The highest BCUT2D eigenvalue weighted by atomic mass is 19.1. The summed E-state index contributed by atoms with van der Waals surface area (Å²) in [7, 11) is 1.57. The number of methoxy groups -OCH3 is 1. The zero-order valence-corrected chi connectivity index (χ0v) is 27.3. The Morgan fingerprint density at radius 1 is 1.00 bits per heavy atom. The maximum atomic E-state index is 13.5. The van der Waals surface area contributed by atoms with Crippen molar-refractivity contribution >= 4 is 28.4 Å². The van der Waals surface area contributed by atoms with E-state index in [0.29, 0.717) is 66.5 Å². The first-order valence-electron chi connectivity index (χ1n) is 16.0. The van der Waals surface area contributed by atoms with Crippen LogP contribution in [-0.2, 0) is 9.59 Å². The number of rotatable bonds is 15. The maximum Gasteiger partial charge on any atom is 0.240 e. The number of anilines is 1. The molecule has 0 radical (unpaired) electrons. The van der Waals surface area contributed by atoms with Crippen molar-refractivity contribution in [2.45, 2.75) is 70.9 Å². The van der Waals surface area contributed by atoms with Crippen molar-refractivity contribution in [3.05, 3.63) is 84.3 Å². The molecule has 0 saturated heterocycles. The molecule has 2 amide bonds. The fourth-order valence-corrected chi connectivity index (χ4v) is 5.29. The van der Waals surface area contributed by atoms with Gasteiger partial charge < -0.3 is 30.0 Å². The predicted octanol–water partition coefficient (Wildman–Crippen LogP) is 7.48. The average molecular weight is 644 g/mol. The third-order valence-electron chi connectivity index (χ3n) is 8.34. The van der Waals surface area contributed by atoms with Crippen LogP contribution in [0.15, 0.2) is 72.9 Å². The van der Waals surface area contributed by atoms with E-state index in [1.807, 2.05) is 30.3 Å². The van der Waals surface area contributed by atoms with Gasteiger partial charge in [-0.2, -0.15) is 0 Å². The van der Waals surface area contributed by atoms with Crippen molar-refractivity contribution in [3.63, 3.8) is 0 Å². The molecule has 1 fully saturated rings. The van der Waals surface area contributed by atoms with Gasteiger partial charge >= 0.3 is 0 Å². The summed E-state index contributed by atoms with van der Waals surface area (Å²) in [5.74, 6) is 1.15. The summed E-state index contributed by atoms with van der Waals surface area (Å²) in [5, 5.41) is 16.7. The number of fused-ring (bicyclic) bond motifs is 1. The van der Waals surface area contributed by atoms with Crippen LogP contribution in [-0.4, -0.2) is 41.2 Å². The molecule has 1 heterocycles. The Morgan fingerprint density at radius 3 is 2.36 bits per heavy atom. The van der Waals surface area contributed by atoms with Gasteiger partial charge in [0.05, 0.1) is 30.9 Å². The van der Waals surface area contributed by atoms with Crippen molar-refractivity contribution < 1.29 is 33.3 Å². The standard InChI is InChI=1S/C37H42FN3O6/c1-5-6-7-29(41-35(43)37(17-18-37)34(42)40-26-12-10-25(38)11-13-26)24-8-14-27(15-9-24)47-31-16-20-39-30-23-33(32(45-4)22-28(30)31)46-21-19-36(2,3)44/h8-16,20,22-23,29,44H,5-7,17-19,21H2,1-4H3,(H,40,42)(H,41,43). The molecule has 1 aliphatic carbocycles. The molecule has 1 aliphatic rings. The Hall–Kier alpha value is -4.70. The minimum Gasteiger partial charge on any atom is -0.493 e. The lowest BCUT2D eigenvalue weighted by molar-refractivity contribution is -0.135. The maximum absolute atomic E-state index is 13.5. The monoisotopic (exact) mass is 643 g/mol. The van der Waals surface area contributed by atoms with Crippen LogP contribution in [0.1, 0.15) is 70.9 Å². The van der Waals surface area contributed by atoms with Gasteiger partial charge in [0.15, 0.2) is 11.5 Å². The van der Waals surface area contributed by atoms with Gasteiger partial charge in [-0.25, -0.2) is 4.39 Å². The van der Waals surface area contributed by atoms with Gasteiger partial charge in [-0.05, 0) is 87.2 Å². The fourth-order valence-electron chi connectivity index (χ4n) is 5.29. The van der Waals surface area contributed by atoms with Crippen molar-refractivity contribution in [1.29, 1.82) is 0 Å². The van der Waals surface area contributed by atoms with Crippen LogP contribution in [0.3, 0.4) is 0 Å². The van der Waals surface area contributed by atoms with Gasteiger partial charge in [0.2, 0.25) is 11.8 Å². The lowest BCUT2D eigenvalue weighted by Crippen LogP contribution is -2.41. The topological polar surface area (TPSA) is 119 Å². The first kappa shape index (κ1) is 33.7. The number of nitrogens with zero attached hydrogens (tertiary/aromatic N) is 1. The normalized spacial score (nSPS) is 14.3. The number of benzene rings is 3. The molecule has 9 nitrogen and oxygen atoms in total. The van der Waals surface area contributed by atoms with E-state index in [9.17, 15) is 19.1 Å². The summed E-state index contributed by atoms with van der Waals surface area (Å²) < 4.78 is 31.1. The number of unbranched alkanes of at least 4 members (excludes halogenated alkanes) is 1. The zero-order valence-electron chi connectivity index (χ0n) is 27.3. The van der Waals surface area contributed by atoms with E-state index in [2.05, 4.69) is 22.5 Å². The molecule has 4 aromatic rings. The second-order valence-electron chi connectivity index (χ2n) is 12.6. The number of halogens is 1. The number of aliphatic hydroxyl groups is 1. The Labute approximate surface area is 274 Å². The van der Waals surface area contributed by atoms with Crippen LogP contribution in [0, 0.1) is 11.2 Å². The van der Waals surface area contributed by atoms with E-state index < -0.39 is 16.8 Å². The number of nitrogens with one attached hydrogen (secondary N) is 2. The van der Waals surface area contributed by atoms with E-state index in [1.54, 1.807) is 39.3 Å². The van der Waals surface area contributed by atoms with Crippen LogP contribution in [0.4, 0.5) is 10.1 Å². The molecule has 248 valence electrons. The molecule has 3 aromatic carbocycles. The number of hydrogen-bond acceptors (Lipinski definition) is 7. The van der Waals surface area contributed by atoms with Gasteiger partial charge in [-0.3, -0.25) is 14.6 Å². The predicted molar refractivity (Wildman–Crippen MR) is 178 cm³/mol. The molecule has 0 spiro atoms. The Balaban J connectivity index is 1.29. The molecule has 1 saturated carbocycles. The minimum atomic E-state index is -1.13. The number of pyridine rings is 1. The van der Waals surface area contributed by atoms with Gasteiger partial charge in [0.1, 0.15) is 22.7 Å². The first-order valence-corrected chi connectivity index (χ1v) is 16.0. The van der Waals surface area contributed by atoms with Crippen molar-refractivity contribution in [2.24, 2.45) is 5.41 Å². The highest BCUT2D eigenvalue weighted by Gasteiger charge is 2.56. The second kappa shape index (κ2) is 14.4. The molecule has 1 unspecified atom stereocenters. The van der Waals surface area contributed by atoms with E-state index in [-0.39, 0.29) is 17.9 Å². The Bertz CT molecular complexity index is 1700. The molecular weight excluding hydrogens is 601 g/mol. The second-order valence-corrected chi connectivity index (χ2v) is 12.6. The number of carbonyl (C=O) groups is 2. The minimum absolute atomic E-state index is 0.284. The average Bonchev–Trinajstić information content (AvgIpc) is 3.86. The number of ether oxygens (including phenoxy) is 3. The lowest BCUT2D eigenvalue weighted by Gasteiger charge is -2.23. The van der Waals surface area contributed by atoms with Crippen molar-refractivity contribution in [3.8, 4) is 23.0 Å². The third-order valence-corrected chi connectivity index (χ3v) is 8.34. The summed E-state index contributed by atoms with van der Waals surface area (Å²) in [5.41, 5.74) is 0.0415. The summed E-state index contributed by atoms with van der Waals surface area (Å²) in [4.78, 5) is 31.1. The molecule has 1 atom stereocenters. The summed E-state index contributed by atoms with van der Waals surface area (Å²) in [6, 6.07) is 18.2. The summed E-state index contributed by atoms with van der Waals surface area (Å²) in [6.07, 6.45) is 5.59. The molecule has 0 bridgehead atoms. The van der Waals surface area contributed by atoms with Crippen LogP contribution in [0.5, 0.6) is 23.0 Å². The fraction of sp³-hybridized carbons (Fsp3) is 0.378. The quantitative estimate of drug-likeness (QED) is 0.115. The lowest BCUT2D eigenvalue weighted by atomic mass is 9.98. The van der Waals surface area contributed by atoms with Gasteiger partial charge in [0.25, 0.3) is 0 Å². The van der Waals surface area contributed by atoms with E-state index in [4.69, 9.17) is 14.2 Å². The van der Waals surface area contributed by atoms with E-state index in [0.717, 1.165) is 23.8 Å². The van der Waals surface area contributed by atoms with E-state index in [1.165, 1.54) is 24.3 Å². The number of aromatic nitrogens is 1. The summed E-state index contributed by atoms with van der Waals surface area (Å²) >= 11 is 0.